The highest BCUT2D eigenvalue weighted by Crippen LogP contribution is 2.31. The molecule has 1 aromatic carbocycles. The SMILES string of the molecule is CCOc1nc2ccccc2cc1-c1noc(C(C)(C)C)n1. The lowest BCUT2D eigenvalue weighted by atomic mass is 9.97. The summed E-state index contributed by atoms with van der Waals surface area (Å²) in [5.74, 6) is 1.63. The summed E-state index contributed by atoms with van der Waals surface area (Å²) in [4.78, 5) is 9.07. The zero-order valence-electron chi connectivity index (χ0n) is 13.3. The molecule has 3 rings (SSSR count). The van der Waals surface area contributed by atoms with Crippen LogP contribution in [0.15, 0.2) is 34.9 Å². The molecule has 0 N–H and O–H groups in total. The van der Waals surface area contributed by atoms with Gasteiger partial charge in [0.05, 0.1) is 17.7 Å². The molecule has 5 nitrogen and oxygen atoms in total. The van der Waals surface area contributed by atoms with Gasteiger partial charge < -0.3 is 9.26 Å². The van der Waals surface area contributed by atoms with Crippen molar-refractivity contribution in [1.29, 1.82) is 0 Å². The second kappa shape index (κ2) is 5.40. The van der Waals surface area contributed by atoms with Crippen molar-refractivity contribution in [1.82, 2.24) is 15.1 Å². The molecule has 0 unspecified atom stereocenters. The number of ether oxygens (including phenoxy) is 1. The van der Waals surface area contributed by atoms with E-state index in [1.807, 2.05) is 58.0 Å². The van der Waals surface area contributed by atoms with Gasteiger partial charge in [-0.2, -0.15) is 4.98 Å². The third-order valence-electron chi connectivity index (χ3n) is 3.28. The number of rotatable bonds is 3. The van der Waals surface area contributed by atoms with Gasteiger partial charge in [0.2, 0.25) is 17.6 Å². The number of pyridine rings is 1. The Morgan fingerprint density at radius 1 is 1.14 bits per heavy atom. The van der Waals surface area contributed by atoms with E-state index >= 15 is 0 Å². The third kappa shape index (κ3) is 2.66. The van der Waals surface area contributed by atoms with E-state index in [-0.39, 0.29) is 5.41 Å². The molecule has 22 heavy (non-hydrogen) atoms. The van der Waals surface area contributed by atoms with Crippen LogP contribution in [0.2, 0.25) is 0 Å². The molecule has 0 aliphatic heterocycles. The number of para-hydroxylation sites is 1. The molecule has 0 amide bonds. The van der Waals surface area contributed by atoms with Gasteiger partial charge in [-0.15, -0.1) is 0 Å². The molecule has 0 spiro atoms. The molecule has 0 aliphatic carbocycles. The zero-order chi connectivity index (χ0) is 15.7. The highest BCUT2D eigenvalue weighted by molar-refractivity contribution is 5.84. The van der Waals surface area contributed by atoms with E-state index in [0.717, 1.165) is 16.5 Å². The van der Waals surface area contributed by atoms with Gasteiger partial charge >= 0.3 is 0 Å². The van der Waals surface area contributed by atoms with Crippen molar-refractivity contribution in [3.05, 3.63) is 36.2 Å². The molecule has 5 heteroatoms. The zero-order valence-corrected chi connectivity index (χ0v) is 13.3. The summed E-state index contributed by atoms with van der Waals surface area (Å²) in [5.41, 5.74) is 1.44. The quantitative estimate of drug-likeness (QED) is 0.731. The number of nitrogens with zero attached hydrogens (tertiary/aromatic N) is 3. The number of hydrogen-bond donors (Lipinski definition) is 0. The first-order valence-electron chi connectivity index (χ1n) is 7.36. The van der Waals surface area contributed by atoms with Crippen molar-refractivity contribution < 1.29 is 9.26 Å². The summed E-state index contributed by atoms with van der Waals surface area (Å²) in [6, 6.07) is 9.89. The van der Waals surface area contributed by atoms with E-state index in [4.69, 9.17) is 9.26 Å². The van der Waals surface area contributed by atoms with Crippen molar-refractivity contribution in [2.24, 2.45) is 0 Å². The van der Waals surface area contributed by atoms with Crippen molar-refractivity contribution in [2.45, 2.75) is 33.1 Å². The van der Waals surface area contributed by atoms with Gasteiger partial charge in [0, 0.05) is 10.8 Å². The van der Waals surface area contributed by atoms with Crippen LogP contribution in [0.3, 0.4) is 0 Å². The Bertz CT molecular complexity index is 803. The molecular formula is C17H19N3O2. The van der Waals surface area contributed by atoms with E-state index in [0.29, 0.717) is 24.2 Å². The van der Waals surface area contributed by atoms with Crippen LogP contribution in [0.5, 0.6) is 5.88 Å². The Morgan fingerprint density at radius 2 is 1.91 bits per heavy atom. The van der Waals surface area contributed by atoms with Gasteiger partial charge in [-0.3, -0.25) is 0 Å². The van der Waals surface area contributed by atoms with Crippen LogP contribution in [0.1, 0.15) is 33.6 Å². The lowest BCUT2D eigenvalue weighted by Gasteiger charge is -2.10. The topological polar surface area (TPSA) is 61.0 Å². The molecule has 0 aliphatic rings. The monoisotopic (exact) mass is 297 g/mol. The van der Waals surface area contributed by atoms with E-state index in [1.54, 1.807) is 0 Å². The fraction of sp³-hybridized carbons (Fsp3) is 0.353. The number of fused-ring (bicyclic) bond motifs is 1. The van der Waals surface area contributed by atoms with E-state index in [9.17, 15) is 0 Å². The first kappa shape index (κ1) is 14.5. The Hall–Kier alpha value is -2.43. The summed E-state index contributed by atoms with van der Waals surface area (Å²) in [5, 5.41) is 5.11. The number of benzene rings is 1. The minimum atomic E-state index is -0.193. The second-order valence-electron chi connectivity index (χ2n) is 6.14. The predicted molar refractivity (Wildman–Crippen MR) is 84.9 cm³/mol. The minimum absolute atomic E-state index is 0.193. The molecule has 2 heterocycles. The molecule has 2 aromatic heterocycles. The van der Waals surface area contributed by atoms with Gasteiger partial charge in [-0.25, -0.2) is 4.98 Å². The van der Waals surface area contributed by atoms with Crippen molar-refractivity contribution in [3.63, 3.8) is 0 Å². The van der Waals surface area contributed by atoms with Crippen LogP contribution in [-0.2, 0) is 5.41 Å². The predicted octanol–water partition coefficient (Wildman–Crippen LogP) is 3.98. The Kier molecular flexibility index (Phi) is 3.56. The maximum absolute atomic E-state index is 5.66. The molecular weight excluding hydrogens is 278 g/mol. The molecule has 0 saturated heterocycles. The van der Waals surface area contributed by atoms with Gasteiger partial charge in [-0.1, -0.05) is 44.1 Å². The van der Waals surface area contributed by atoms with Gasteiger partial charge in [0.25, 0.3) is 0 Å². The third-order valence-corrected chi connectivity index (χ3v) is 3.28. The summed E-state index contributed by atoms with van der Waals surface area (Å²) in [7, 11) is 0. The van der Waals surface area contributed by atoms with Crippen molar-refractivity contribution >= 4 is 10.9 Å². The average Bonchev–Trinajstić information content (AvgIpc) is 2.96. The maximum atomic E-state index is 5.66. The van der Waals surface area contributed by atoms with Gasteiger partial charge in [0.1, 0.15) is 0 Å². The highest BCUT2D eigenvalue weighted by atomic mass is 16.5. The van der Waals surface area contributed by atoms with E-state index in [2.05, 4.69) is 15.1 Å². The molecule has 0 bridgehead atoms. The smallest absolute Gasteiger partial charge is 0.232 e. The fourth-order valence-electron chi connectivity index (χ4n) is 2.14. The van der Waals surface area contributed by atoms with Gasteiger partial charge in [-0.05, 0) is 19.1 Å². The Balaban J connectivity index is 2.15. The highest BCUT2D eigenvalue weighted by Gasteiger charge is 2.24. The second-order valence-corrected chi connectivity index (χ2v) is 6.14. The maximum Gasteiger partial charge on any atom is 0.232 e. The van der Waals surface area contributed by atoms with E-state index in [1.165, 1.54) is 0 Å². The largest absolute Gasteiger partial charge is 0.477 e. The molecule has 0 fully saturated rings. The number of hydrogen-bond acceptors (Lipinski definition) is 5. The fourth-order valence-corrected chi connectivity index (χ4v) is 2.14. The molecule has 114 valence electrons. The van der Waals surface area contributed by atoms with Gasteiger partial charge in [0.15, 0.2) is 0 Å². The Morgan fingerprint density at radius 3 is 2.59 bits per heavy atom. The van der Waals surface area contributed by atoms with Crippen LogP contribution in [-0.4, -0.2) is 21.7 Å². The average molecular weight is 297 g/mol. The molecule has 0 saturated carbocycles. The van der Waals surface area contributed by atoms with Crippen LogP contribution >= 0.6 is 0 Å². The lowest BCUT2D eigenvalue weighted by molar-refractivity contribution is 0.319. The van der Waals surface area contributed by atoms with Crippen molar-refractivity contribution in [3.8, 4) is 17.3 Å². The minimum Gasteiger partial charge on any atom is -0.477 e. The lowest BCUT2D eigenvalue weighted by Crippen LogP contribution is -2.11. The Labute approximate surface area is 129 Å². The standard InChI is InChI=1S/C17H19N3O2/c1-5-21-15-12(10-11-8-6-7-9-13(11)18-15)14-19-16(22-20-14)17(2,3)4/h6-10H,5H2,1-4H3. The van der Waals surface area contributed by atoms with Crippen LogP contribution in [0, 0.1) is 0 Å². The van der Waals surface area contributed by atoms with Crippen LogP contribution in [0.4, 0.5) is 0 Å². The summed E-state index contributed by atoms with van der Waals surface area (Å²) in [6.45, 7) is 8.56. The molecule has 0 radical (unpaired) electrons. The van der Waals surface area contributed by atoms with Crippen molar-refractivity contribution in [2.75, 3.05) is 6.61 Å². The van der Waals surface area contributed by atoms with E-state index < -0.39 is 0 Å². The molecule has 3 aromatic rings. The summed E-state index contributed by atoms with van der Waals surface area (Å²) >= 11 is 0. The summed E-state index contributed by atoms with van der Waals surface area (Å²) < 4.78 is 11.0. The molecule has 0 atom stereocenters. The first-order valence-corrected chi connectivity index (χ1v) is 7.36. The van der Waals surface area contributed by atoms with Crippen LogP contribution < -0.4 is 4.74 Å². The number of aromatic nitrogens is 3. The summed E-state index contributed by atoms with van der Waals surface area (Å²) in [6.07, 6.45) is 0. The van der Waals surface area contributed by atoms with Crippen LogP contribution in [0.25, 0.3) is 22.3 Å². The normalized spacial score (nSPS) is 11.8. The first-order chi connectivity index (χ1) is 10.5.